The molecule has 0 aliphatic carbocycles. The summed E-state index contributed by atoms with van der Waals surface area (Å²) in [6.45, 7) is 4.80. The SMILES string of the molecule is CCCOc1ccc(CN2C(=O)NC(=O)/C(=C\c3cc(I)c(OCc4cccc(F)c4)c(OC)c3)C2=O)cc1OCC. The predicted octanol–water partition coefficient (Wildman–Crippen LogP) is 5.87. The van der Waals surface area contributed by atoms with Crippen molar-refractivity contribution in [2.24, 2.45) is 0 Å². The maximum Gasteiger partial charge on any atom is 0.331 e. The summed E-state index contributed by atoms with van der Waals surface area (Å²) in [6, 6.07) is 13.8. The molecule has 0 atom stereocenters. The van der Waals surface area contributed by atoms with E-state index in [1.54, 1.807) is 42.5 Å². The first kappa shape index (κ1) is 30.8. The van der Waals surface area contributed by atoms with Crippen LogP contribution in [0.4, 0.5) is 9.18 Å². The molecule has 1 saturated heterocycles. The third kappa shape index (κ3) is 7.38. The van der Waals surface area contributed by atoms with Gasteiger partial charge in [-0.05, 0) is 95.1 Å². The van der Waals surface area contributed by atoms with Crippen LogP contribution < -0.4 is 24.3 Å². The van der Waals surface area contributed by atoms with Crippen LogP contribution in [0.2, 0.25) is 0 Å². The zero-order chi connectivity index (χ0) is 30.2. The largest absolute Gasteiger partial charge is 0.493 e. The van der Waals surface area contributed by atoms with Gasteiger partial charge in [0.1, 0.15) is 18.0 Å². The van der Waals surface area contributed by atoms with Gasteiger partial charge in [0, 0.05) is 0 Å². The molecule has 4 amide bonds. The Bertz CT molecular complexity index is 1530. The Balaban J connectivity index is 1.57. The van der Waals surface area contributed by atoms with E-state index in [4.69, 9.17) is 18.9 Å². The van der Waals surface area contributed by atoms with Crippen LogP contribution in [-0.2, 0) is 22.7 Å². The minimum atomic E-state index is -0.820. The molecule has 4 rings (SSSR count). The standard InChI is InChI=1S/C31H30FIN2O7/c1-4-11-41-25-10-9-19(15-26(25)40-5-2)17-35-30(37)23(29(36)34-31(35)38)13-21-14-24(33)28(27(16-21)39-3)42-18-20-7-6-8-22(32)12-20/h6-10,12-16H,4-5,11,17-18H2,1-3H3,(H,34,36,38)/b23-13+. The van der Waals surface area contributed by atoms with Gasteiger partial charge in [-0.2, -0.15) is 0 Å². The minimum absolute atomic E-state index is 0.0862. The first-order chi connectivity index (χ1) is 20.2. The van der Waals surface area contributed by atoms with Gasteiger partial charge in [-0.25, -0.2) is 9.18 Å². The van der Waals surface area contributed by atoms with E-state index in [1.807, 2.05) is 13.8 Å². The summed E-state index contributed by atoms with van der Waals surface area (Å²) >= 11 is 2.05. The molecule has 1 N–H and O–H groups in total. The fourth-order valence-corrected chi connectivity index (χ4v) is 4.96. The Labute approximate surface area is 256 Å². The summed E-state index contributed by atoms with van der Waals surface area (Å²) in [5.41, 5.74) is 1.53. The number of nitrogens with one attached hydrogen (secondary N) is 1. The number of carbonyl (C=O) groups excluding carboxylic acids is 3. The molecule has 42 heavy (non-hydrogen) atoms. The van der Waals surface area contributed by atoms with E-state index in [0.29, 0.717) is 56.5 Å². The van der Waals surface area contributed by atoms with Crippen LogP contribution in [0.1, 0.15) is 37.0 Å². The van der Waals surface area contributed by atoms with E-state index in [1.165, 1.54) is 25.3 Å². The van der Waals surface area contributed by atoms with E-state index < -0.39 is 17.8 Å². The van der Waals surface area contributed by atoms with Gasteiger partial charge in [0.05, 0.1) is 30.4 Å². The van der Waals surface area contributed by atoms with E-state index in [2.05, 4.69) is 27.9 Å². The van der Waals surface area contributed by atoms with Crippen molar-refractivity contribution in [1.29, 1.82) is 0 Å². The lowest BCUT2D eigenvalue weighted by atomic mass is 10.1. The number of hydrogen-bond donors (Lipinski definition) is 1. The van der Waals surface area contributed by atoms with Crippen molar-refractivity contribution < 1.29 is 37.7 Å². The first-order valence-corrected chi connectivity index (χ1v) is 14.3. The summed E-state index contributed by atoms with van der Waals surface area (Å²) in [4.78, 5) is 39.8. The summed E-state index contributed by atoms with van der Waals surface area (Å²) in [6.07, 6.45) is 2.22. The predicted molar refractivity (Wildman–Crippen MR) is 162 cm³/mol. The lowest BCUT2D eigenvalue weighted by Crippen LogP contribution is -2.53. The van der Waals surface area contributed by atoms with Gasteiger partial charge >= 0.3 is 6.03 Å². The van der Waals surface area contributed by atoms with E-state index >= 15 is 0 Å². The van der Waals surface area contributed by atoms with Crippen LogP contribution in [-0.4, -0.2) is 43.1 Å². The molecule has 1 heterocycles. The fourth-order valence-electron chi connectivity index (χ4n) is 4.18. The van der Waals surface area contributed by atoms with Crippen molar-refractivity contribution in [2.45, 2.75) is 33.4 Å². The Hall–Kier alpha value is -4.13. The quantitative estimate of drug-likeness (QED) is 0.144. The van der Waals surface area contributed by atoms with Gasteiger partial charge in [-0.1, -0.05) is 25.1 Å². The second-order valence-corrected chi connectivity index (χ2v) is 10.4. The van der Waals surface area contributed by atoms with Crippen molar-refractivity contribution in [3.05, 3.63) is 86.2 Å². The van der Waals surface area contributed by atoms with Gasteiger partial charge < -0.3 is 18.9 Å². The topological polar surface area (TPSA) is 103 Å². The number of halogens is 2. The lowest BCUT2D eigenvalue weighted by molar-refractivity contribution is -0.130. The van der Waals surface area contributed by atoms with Crippen molar-refractivity contribution >= 4 is 46.5 Å². The molecule has 11 heteroatoms. The second-order valence-electron chi connectivity index (χ2n) is 9.22. The van der Waals surface area contributed by atoms with Gasteiger partial charge in [0.15, 0.2) is 23.0 Å². The number of carbonyl (C=O) groups is 3. The summed E-state index contributed by atoms with van der Waals surface area (Å²) in [7, 11) is 1.46. The molecule has 1 aliphatic rings. The first-order valence-electron chi connectivity index (χ1n) is 13.3. The van der Waals surface area contributed by atoms with Crippen LogP contribution in [0.5, 0.6) is 23.0 Å². The molecule has 9 nitrogen and oxygen atoms in total. The Morgan fingerprint density at radius 1 is 0.929 bits per heavy atom. The number of barbiturate groups is 1. The number of urea groups is 1. The van der Waals surface area contributed by atoms with Crippen molar-refractivity contribution in [3.8, 4) is 23.0 Å². The highest BCUT2D eigenvalue weighted by molar-refractivity contribution is 14.1. The van der Waals surface area contributed by atoms with Crippen molar-refractivity contribution in [1.82, 2.24) is 10.2 Å². The summed E-state index contributed by atoms with van der Waals surface area (Å²) in [5.74, 6) is -0.0577. The number of hydrogen-bond acceptors (Lipinski definition) is 7. The highest BCUT2D eigenvalue weighted by Crippen LogP contribution is 2.36. The van der Waals surface area contributed by atoms with Crippen LogP contribution in [0, 0.1) is 9.39 Å². The van der Waals surface area contributed by atoms with Crippen LogP contribution in [0.3, 0.4) is 0 Å². The van der Waals surface area contributed by atoms with Gasteiger partial charge in [0.2, 0.25) is 0 Å². The van der Waals surface area contributed by atoms with E-state index in [-0.39, 0.29) is 24.5 Å². The molecule has 0 radical (unpaired) electrons. The number of rotatable bonds is 12. The van der Waals surface area contributed by atoms with E-state index in [9.17, 15) is 18.8 Å². The monoisotopic (exact) mass is 688 g/mol. The normalized spacial score (nSPS) is 14.2. The van der Waals surface area contributed by atoms with Crippen molar-refractivity contribution in [3.63, 3.8) is 0 Å². The van der Waals surface area contributed by atoms with Gasteiger partial charge in [-0.15, -0.1) is 0 Å². The molecular weight excluding hydrogens is 658 g/mol. The third-order valence-electron chi connectivity index (χ3n) is 6.13. The van der Waals surface area contributed by atoms with Crippen molar-refractivity contribution in [2.75, 3.05) is 20.3 Å². The molecule has 0 unspecified atom stereocenters. The molecule has 0 bridgehead atoms. The van der Waals surface area contributed by atoms with Gasteiger partial charge in [0.25, 0.3) is 11.8 Å². The summed E-state index contributed by atoms with van der Waals surface area (Å²) in [5, 5.41) is 2.24. The molecule has 0 spiro atoms. The third-order valence-corrected chi connectivity index (χ3v) is 6.93. The molecular formula is C31H30FIN2O7. The number of methoxy groups -OCH3 is 1. The van der Waals surface area contributed by atoms with Gasteiger partial charge in [-0.3, -0.25) is 19.8 Å². The van der Waals surface area contributed by atoms with Crippen LogP contribution in [0.25, 0.3) is 6.08 Å². The molecule has 1 aliphatic heterocycles. The second kappa shape index (κ2) is 14.2. The molecule has 3 aromatic rings. The number of benzene rings is 3. The fraction of sp³-hybridized carbons (Fsp3) is 0.258. The van der Waals surface area contributed by atoms with Crippen LogP contribution >= 0.6 is 22.6 Å². The number of nitrogens with zero attached hydrogens (tertiary/aromatic N) is 1. The highest BCUT2D eigenvalue weighted by Gasteiger charge is 2.36. The Morgan fingerprint density at radius 2 is 1.74 bits per heavy atom. The lowest BCUT2D eigenvalue weighted by Gasteiger charge is -2.26. The molecule has 3 aromatic carbocycles. The van der Waals surface area contributed by atoms with E-state index in [0.717, 1.165) is 11.3 Å². The highest BCUT2D eigenvalue weighted by atomic mass is 127. The Morgan fingerprint density at radius 3 is 2.45 bits per heavy atom. The molecule has 0 aromatic heterocycles. The molecule has 0 saturated carbocycles. The zero-order valence-electron chi connectivity index (χ0n) is 23.4. The molecule has 220 valence electrons. The minimum Gasteiger partial charge on any atom is -0.493 e. The van der Waals surface area contributed by atoms with Crippen LogP contribution in [0.15, 0.2) is 60.2 Å². The molecule has 1 fully saturated rings. The number of amides is 4. The number of ether oxygens (including phenoxy) is 4. The maximum absolute atomic E-state index is 13.6. The number of imide groups is 2. The smallest absolute Gasteiger partial charge is 0.331 e. The average Bonchev–Trinajstić information content (AvgIpc) is 2.96. The zero-order valence-corrected chi connectivity index (χ0v) is 25.5. The summed E-state index contributed by atoms with van der Waals surface area (Å²) < 4.78 is 37.0. The maximum atomic E-state index is 13.6. The average molecular weight is 688 g/mol. The Kier molecular flexibility index (Phi) is 10.4.